The average Bonchev–Trinajstić information content (AvgIpc) is 3.22. The lowest BCUT2D eigenvalue weighted by molar-refractivity contribution is -0.119. The van der Waals surface area contributed by atoms with Crippen LogP contribution in [0.1, 0.15) is 15.9 Å². The Hall–Kier alpha value is -3.77. The number of nitrogens with one attached hydrogen (secondary N) is 1. The van der Waals surface area contributed by atoms with Gasteiger partial charge in [-0.1, -0.05) is 24.3 Å². The van der Waals surface area contributed by atoms with Crippen molar-refractivity contribution < 1.29 is 19.1 Å². The Morgan fingerprint density at radius 2 is 1.84 bits per heavy atom. The number of amidine groups is 1. The van der Waals surface area contributed by atoms with Crippen LogP contribution in [0, 0.1) is 22.7 Å². The van der Waals surface area contributed by atoms with Gasteiger partial charge >= 0.3 is 0 Å². The van der Waals surface area contributed by atoms with Crippen molar-refractivity contribution in [3.05, 3.63) is 71.1 Å². The van der Waals surface area contributed by atoms with Crippen LogP contribution in [0.5, 0.6) is 11.5 Å². The predicted molar refractivity (Wildman–Crippen MR) is 114 cm³/mol. The first-order valence-corrected chi connectivity index (χ1v) is 10.0. The fourth-order valence-corrected chi connectivity index (χ4v) is 5.14. The first-order chi connectivity index (χ1) is 14.9. The number of ketones is 1. The maximum atomic E-state index is 13.8. The molecule has 2 aromatic carbocycles. The average molecular weight is 434 g/mol. The molecule has 2 aliphatic heterocycles. The number of nitrogens with zero attached hydrogens (tertiary/aromatic N) is 2. The van der Waals surface area contributed by atoms with Gasteiger partial charge in [-0.3, -0.25) is 19.9 Å². The van der Waals surface area contributed by atoms with Gasteiger partial charge in [0.25, 0.3) is 0 Å². The molecule has 4 rings (SSSR count). The second kappa shape index (κ2) is 7.49. The van der Waals surface area contributed by atoms with Crippen LogP contribution in [-0.2, 0) is 10.3 Å². The summed E-state index contributed by atoms with van der Waals surface area (Å²) in [5.74, 6) is -0.840. The van der Waals surface area contributed by atoms with E-state index in [1.807, 2.05) is 6.07 Å². The van der Waals surface area contributed by atoms with Gasteiger partial charge in [-0.15, -0.1) is 0 Å². The summed E-state index contributed by atoms with van der Waals surface area (Å²) in [4.78, 5) is 28.5. The van der Waals surface area contributed by atoms with Gasteiger partial charge in [0.05, 0.1) is 31.8 Å². The molecule has 0 aromatic heterocycles. The molecule has 31 heavy (non-hydrogen) atoms. The highest BCUT2D eigenvalue weighted by Gasteiger charge is 2.66. The number of nitrogens with two attached hydrogens (primary N) is 1. The zero-order valence-electron chi connectivity index (χ0n) is 16.7. The maximum Gasteiger partial charge on any atom is 0.228 e. The molecule has 0 bridgehead atoms. The van der Waals surface area contributed by atoms with Crippen molar-refractivity contribution in [2.75, 3.05) is 14.2 Å². The number of fused-ring (bicyclic) bond motifs is 1. The van der Waals surface area contributed by atoms with Crippen molar-refractivity contribution in [2.24, 2.45) is 11.7 Å². The summed E-state index contributed by atoms with van der Waals surface area (Å²) in [7, 11) is 2.97. The third kappa shape index (κ3) is 2.79. The van der Waals surface area contributed by atoms with Gasteiger partial charge < -0.3 is 15.2 Å². The van der Waals surface area contributed by atoms with E-state index in [1.165, 1.54) is 19.1 Å². The fourth-order valence-electron chi connectivity index (χ4n) is 4.15. The van der Waals surface area contributed by atoms with E-state index >= 15 is 0 Å². The molecule has 156 valence electrons. The van der Waals surface area contributed by atoms with Crippen LogP contribution in [0.3, 0.4) is 0 Å². The number of methoxy groups -OCH3 is 2. The summed E-state index contributed by atoms with van der Waals surface area (Å²) in [5, 5.41) is 17.6. The highest BCUT2D eigenvalue weighted by molar-refractivity contribution is 8.26. The normalized spacial score (nSPS) is 22.4. The number of hydrogen-bond donors (Lipinski definition) is 2. The number of ether oxygens (including phenoxy) is 2. The lowest BCUT2D eigenvalue weighted by Crippen LogP contribution is -2.50. The van der Waals surface area contributed by atoms with Gasteiger partial charge in [0.15, 0.2) is 16.5 Å². The molecule has 0 amide bonds. The van der Waals surface area contributed by atoms with E-state index in [9.17, 15) is 14.9 Å². The van der Waals surface area contributed by atoms with Crippen LogP contribution >= 0.6 is 11.8 Å². The third-order valence-electron chi connectivity index (χ3n) is 5.53. The maximum absolute atomic E-state index is 13.8. The zero-order chi connectivity index (χ0) is 22.3. The van der Waals surface area contributed by atoms with Crippen molar-refractivity contribution in [1.29, 1.82) is 10.7 Å². The standard InChI is InChI=1S/C22H18N4O4S/c1-29-14-7-3-5-12(9-14)18(27)17-16(11-23)19(24)26-21(25)31-20(28)22(17,26)13-6-4-8-15(10-13)30-2/h3-10,17,25H,24H2,1-2H3. The molecule has 3 N–H and O–H groups in total. The van der Waals surface area contributed by atoms with Crippen molar-refractivity contribution in [3.63, 3.8) is 0 Å². The largest absolute Gasteiger partial charge is 0.497 e. The summed E-state index contributed by atoms with van der Waals surface area (Å²) in [6.07, 6.45) is 0. The van der Waals surface area contributed by atoms with E-state index in [1.54, 1.807) is 48.5 Å². The zero-order valence-corrected chi connectivity index (χ0v) is 17.5. The summed E-state index contributed by atoms with van der Waals surface area (Å²) < 4.78 is 10.5. The number of carbonyl (C=O) groups excluding carboxylic acids is 2. The Labute approximate surface area is 182 Å². The Balaban J connectivity index is 2.00. The molecule has 0 aliphatic carbocycles. The number of thioether (sulfide) groups is 1. The van der Waals surface area contributed by atoms with Gasteiger partial charge in [0.1, 0.15) is 17.3 Å². The van der Waals surface area contributed by atoms with Gasteiger partial charge in [0, 0.05) is 5.56 Å². The minimum Gasteiger partial charge on any atom is -0.497 e. The van der Waals surface area contributed by atoms with E-state index in [4.69, 9.17) is 20.6 Å². The molecule has 1 fully saturated rings. The third-order valence-corrected chi connectivity index (χ3v) is 6.40. The summed E-state index contributed by atoms with van der Waals surface area (Å²) in [6.45, 7) is 0. The summed E-state index contributed by atoms with van der Waals surface area (Å²) in [5.41, 5.74) is 5.23. The van der Waals surface area contributed by atoms with Gasteiger partial charge in [-0.2, -0.15) is 5.26 Å². The number of benzene rings is 2. The second-order valence-electron chi connectivity index (χ2n) is 6.97. The number of carbonyl (C=O) groups is 2. The highest BCUT2D eigenvalue weighted by Crippen LogP contribution is 2.56. The van der Waals surface area contributed by atoms with Gasteiger partial charge in [0.2, 0.25) is 5.12 Å². The monoisotopic (exact) mass is 434 g/mol. The van der Waals surface area contributed by atoms with Crippen molar-refractivity contribution in [1.82, 2.24) is 4.90 Å². The van der Waals surface area contributed by atoms with Crippen LogP contribution in [0.15, 0.2) is 59.9 Å². The number of nitriles is 1. The Morgan fingerprint density at radius 1 is 1.19 bits per heavy atom. The minimum absolute atomic E-state index is 0.0472. The molecule has 2 heterocycles. The molecule has 8 nitrogen and oxygen atoms in total. The second-order valence-corrected chi connectivity index (χ2v) is 7.93. The van der Waals surface area contributed by atoms with Crippen LogP contribution in [0.2, 0.25) is 0 Å². The molecule has 2 aliphatic rings. The Morgan fingerprint density at radius 3 is 2.48 bits per heavy atom. The highest BCUT2D eigenvalue weighted by atomic mass is 32.2. The Bertz CT molecular complexity index is 1200. The topological polar surface area (TPSA) is 129 Å². The molecule has 9 heteroatoms. The first-order valence-electron chi connectivity index (χ1n) is 9.23. The van der Waals surface area contributed by atoms with Gasteiger partial charge in [-0.05, 0) is 41.6 Å². The number of Topliss-reactive ketones (excluding diaryl/α,β-unsaturated/α-hetero) is 1. The molecule has 2 atom stereocenters. The molecule has 1 saturated heterocycles. The van der Waals surface area contributed by atoms with E-state index in [2.05, 4.69) is 0 Å². The fraction of sp³-hybridized carbons (Fsp3) is 0.182. The van der Waals surface area contributed by atoms with E-state index in [0.717, 1.165) is 0 Å². The minimum atomic E-state index is -1.66. The molecule has 2 unspecified atom stereocenters. The van der Waals surface area contributed by atoms with E-state index in [0.29, 0.717) is 28.8 Å². The van der Waals surface area contributed by atoms with Crippen LogP contribution in [0.4, 0.5) is 0 Å². The van der Waals surface area contributed by atoms with Crippen LogP contribution in [0.25, 0.3) is 0 Å². The van der Waals surface area contributed by atoms with E-state index in [-0.39, 0.29) is 22.1 Å². The molecular formula is C22H18N4O4S. The molecule has 0 spiro atoms. The van der Waals surface area contributed by atoms with Crippen molar-refractivity contribution in [3.8, 4) is 17.6 Å². The van der Waals surface area contributed by atoms with Crippen LogP contribution in [-0.4, -0.2) is 35.2 Å². The summed E-state index contributed by atoms with van der Waals surface area (Å²) >= 11 is 0.689. The molecule has 0 radical (unpaired) electrons. The quantitative estimate of drug-likeness (QED) is 0.687. The first kappa shape index (κ1) is 20.5. The molecule has 2 aromatic rings. The number of hydrogen-bond acceptors (Lipinski definition) is 8. The Kier molecular flexibility index (Phi) is 4.95. The van der Waals surface area contributed by atoms with E-state index < -0.39 is 22.4 Å². The summed E-state index contributed by atoms with van der Waals surface area (Å²) in [6, 6.07) is 15.2. The predicted octanol–water partition coefficient (Wildman–Crippen LogP) is 2.62. The van der Waals surface area contributed by atoms with Crippen molar-refractivity contribution in [2.45, 2.75) is 5.54 Å². The van der Waals surface area contributed by atoms with Gasteiger partial charge in [-0.25, -0.2) is 0 Å². The molecular weight excluding hydrogens is 416 g/mol. The van der Waals surface area contributed by atoms with Crippen LogP contribution < -0.4 is 15.2 Å². The molecule has 0 saturated carbocycles. The lowest BCUT2D eigenvalue weighted by atomic mass is 9.73. The lowest BCUT2D eigenvalue weighted by Gasteiger charge is -2.35. The van der Waals surface area contributed by atoms with Crippen molar-refractivity contribution >= 4 is 27.8 Å². The number of rotatable bonds is 5. The smallest absolute Gasteiger partial charge is 0.228 e. The SMILES string of the molecule is COc1cccc(C(=O)C2C(C#N)=C(N)N3C(=N)SC(=O)C23c2cccc(OC)c2)c1.